The van der Waals surface area contributed by atoms with Gasteiger partial charge in [-0.1, -0.05) is 36.4 Å². The molecule has 19 heavy (non-hydrogen) atoms. The van der Waals surface area contributed by atoms with E-state index in [4.69, 9.17) is 0 Å². The Balaban J connectivity index is 2.13. The number of hydrogen-bond acceptors (Lipinski definition) is 4. The lowest BCUT2D eigenvalue weighted by Crippen LogP contribution is -2.60. The summed E-state index contributed by atoms with van der Waals surface area (Å²) in [5.41, 5.74) is 1.87. The average molecular weight is 297 g/mol. The predicted octanol–water partition coefficient (Wildman–Crippen LogP) is 0.0722. The molecule has 0 fully saturated rings. The largest absolute Gasteiger partial charge is 0.182 e. The van der Waals surface area contributed by atoms with Gasteiger partial charge in [0.1, 0.15) is 14.5 Å². The highest BCUT2D eigenvalue weighted by atomic mass is 35.7. The maximum Gasteiger partial charge on any atom is 0.140 e. The third kappa shape index (κ3) is 2.71. The van der Waals surface area contributed by atoms with Crippen LogP contribution in [0.1, 0.15) is 11.1 Å². The first-order valence-corrected chi connectivity index (χ1v) is 7.91. The Labute approximate surface area is 114 Å². The highest BCUT2D eigenvalue weighted by Crippen LogP contribution is 2.32. The van der Waals surface area contributed by atoms with Crippen molar-refractivity contribution in [1.29, 1.82) is 0 Å². The van der Waals surface area contributed by atoms with Gasteiger partial charge in [0.25, 0.3) is 0 Å². The molecule has 4 nitrogen and oxygen atoms in total. The van der Waals surface area contributed by atoms with Gasteiger partial charge in [0.15, 0.2) is 0 Å². The van der Waals surface area contributed by atoms with Crippen LogP contribution in [0.15, 0.2) is 41.8 Å². The summed E-state index contributed by atoms with van der Waals surface area (Å²) in [5.74, 6) is 0. The quantitative estimate of drug-likeness (QED) is 0.735. The second-order valence-corrected chi connectivity index (χ2v) is 6.40. The van der Waals surface area contributed by atoms with Crippen molar-refractivity contribution < 1.29 is 28.0 Å². The number of halogens is 1. The summed E-state index contributed by atoms with van der Waals surface area (Å²) in [6.07, 6.45) is 1.77. The molecule has 0 amide bonds. The van der Waals surface area contributed by atoms with Gasteiger partial charge in [-0.05, 0) is 28.0 Å². The van der Waals surface area contributed by atoms with Crippen LogP contribution in [-0.4, -0.2) is 5.37 Å². The van der Waals surface area contributed by atoms with Crippen LogP contribution >= 0.6 is 10.8 Å². The van der Waals surface area contributed by atoms with Crippen molar-refractivity contribution >= 4 is 33.0 Å². The molecule has 2 aromatic rings. The molecule has 98 valence electrons. The Bertz CT molecular complexity index is 703. The zero-order chi connectivity index (χ0) is 13.5. The van der Waals surface area contributed by atoms with E-state index in [1.54, 1.807) is 16.9 Å². The minimum absolute atomic E-state index is 0.891. The van der Waals surface area contributed by atoms with E-state index in [9.17, 15) is 14.0 Å². The molecule has 0 aliphatic carbocycles. The highest BCUT2D eigenvalue weighted by molar-refractivity contribution is 8.13. The summed E-state index contributed by atoms with van der Waals surface area (Å²) < 4.78 is 36.3. The van der Waals surface area contributed by atoms with Gasteiger partial charge in [0.2, 0.25) is 0 Å². The van der Waals surface area contributed by atoms with E-state index in [0.29, 0.717) is 0 Å². The van der Waals surface area contributed by atoms with Crippen molar-refractivity contribution in [3.05, 3.63) is 52.9 Å². The van der Waals surface area contributed by atoms with Crippen LogP contribution < -0.4 is 14.0 Å². The molecular formula is C13H9ClO4S. The summed E-state index contributed by atoms with van der Waals surface area (Å²) >= 11 is 0. The molecule has 3 rings (SSSR count). The van der Waals surface area contributed by atoms with E-state index in [-0.39, 0.29) is 0 Å². The lowest BCUT2D eigenvalue weighted by molar-refractivity contribution is -1.91. The third-order valence-corrected chi connectivity index (χ3v) is 4.84. The molecule has 2 aromatic carbocycles. The van der Waals surface area contributed by atoms with Crippen LogP contribution in [0.2, 0.25) is 0 Å². The fraction of sp³-hybridized carbons (Fsp3) is 0. The maximum absolute atomic E-state index is 10.6. The number of rotatable bonds is 2. The SMILES string of the molecule is [O-][Cl+3]([O-])([O-])OS1=Cc2c(ccc3ccccc23)C=C1. The van der Waals surface area contributed by atoms with Gasteiger partial charge in [-0.15, -0.1) is 0 Å². The summed E-state index contributed by atoms with van der Waals surface area (Å²) in [7, 11) is -5.57. The van der Waals surface area contributed by atoms with E-state index >= 15 is 0 Å². The van der Waals surface area contributed by atoms with Gasteiger partial charge in [-0.3, -0.25) is 0 Å². The average Bonchev–Trinajstić information content (AvgIpc) is 2.37. The first-order chi connectivity index (χ1) is 9.03. The minimum Gasteiger partial charge on any atom is -0.182 e. The molecule has 1 aliphatic heterocycles. The van der Waals surface area contributed by atoms with E-state index in [1.165, 1.54) is 0 Å². The Hall–Kier alpha value is -1.21. The Morgan fingerprint density at radius 3 is 2.58 bits per heavy atom. The zero-order valence-electron chi connectivity index (χ0n) is 9.62. The van der Waals surface area contributed by atoms with Crippen LogP contribution in [0.3, 0.4) is 0 Å². The fourth-order valence-electron chi connectivity index (χ4n) is 2.01. The van der Waals surface area contributed by atoms with E-state index in [2.05, 4.69) is 3.74 Å². The lowest BCUT2D eigenvalue weighted by atomic mass is 10.0. The van der Waals surface area contributed by atoms with Crippen LogP contribution in [0, 0.1) is 10.2 Å². The summed E-state index contributed by atoms with van der Waals surface area (Å²) in [6.45, 7) is 0. The topological polar surface area (TPSA) is 78.4 Å². The molecule has 1 aliphatic rings. The molecule has 0 N–H and O–H groups in total. The van der Waals surface area contributed by atoms with E-state index in [0.717, 1.165) is 21.9 Å². The van der Waals surface area contributed by atoms with Gasteiger partial charge in [-0.2, -0.15) is 14.0 Å². The van der Waals surface area contributed by atoms with Gasteiger partial charge < -0.3 is 0 Å². The summed E-state index contributed by atoms with van der Waals surface area (Å²) in [4.78, 5) is 0. The van der Waals surface area contributed by atoms with Gasteiger partial charge >= 0.3 is 0 Å². The summed E-state index contributed by atoms with van der Waals surface area (Å²) in [6, 6.07) is 11.7. The predicted molar refractivity (Wildman–Crippen MR) is 66.8 cm³/mol. The second kappa shape index (κ2) is 4.72. The Morgan fingerprint density at radius 2 is 1.79 bits per heavy atom. The molecule has 0 radical (unpaired) electrons. The van der Waals surface area contributed by atoms with E-state index < -0.39 is 21.0 Å². The van der Waals surface area contributed by atoms with Crippen molar-refractivity contribution in [2.24, 2.45) is 0 Å². The molecule has 0 aromatic heterocycles. The maximum atomic E-state index is 10.6. The van der Waals surface area contributed by atoms with Crippen LogP contribution in [-0.2, 0) is 3.74 Å². The first-order valence-electron chi connectivity index (χ1n) is 5.40. The molecule has 1 atom stereocenters. The Morgan fingerprint density at radius 1 is 1.00 bits per heavy atom. The van der Waals surface area contributed by atoms with E-state index in [1.807, 2.05) is 36.4 Å². The van der Waals surface area contributed by atoms with Crippen molar-refractivity contribution in [2.45, 2.75) is 0 Å². The molecule has 6 heteroatoms. The Kier molecular flexibility index (Phi) is 3.18. The monoisotopic (exact) mass is 296 g/mol. The number of fused-ring (bicyclic) bond motifs is 3. The van der Waals surface area contributed by atoms with Gasteiger partial charge in [-0.25, -0.2) is 0 Å². The van der Waals surface area contributed by atoms with Crippen LogP contribution in [0.25, 0.3) is 16.8 Å². The molecule has 0 saturated carbocycles. The number of hydrogen-bond donors (Lipinski definition) is 0. The summed E-state index contributed by atoms with van der Waals surface area (Å²) in [5, 5.41) is 5.30. The van der Waals surface area contributed by atoms with Crippen LogP contribution in [0.4, 0.5) is 0 Å². The van der Waals surface area contributed by atoms with Crippen molar-refractivity contribution in [2.75, 3.05) is 0 Å². The minimum atomic E-state index is -4.42. The molecule has 0 spiro atoms. The third-order valence-electron chi connectivity index (χ3n) is 2.77. The van der Waals surface area contributed by atoms with Gasteiger partial charge in [0.05, 0.1) is 10.2 Å². The molecule has 1 heterocycles. The fourth-order valence-corrected chi connectivity index (χ4v) is 3.89. The number of benzene rings is 2. The van der Waals surface area contributed by atoms with Crippen molar-refractivity contribution in [1.82, 2.24) is 0 Å². The van der Waals surface area contributed by atoms with Crippen molar-refractivity contribution in [3.8, 4) is 0 Å². The molecular weight excluding hydrogens is 288 g/mol. The second-order valence-electron chi connectivity index (χ2n) is 3.98. The highest BCUT2D eigenvalue weighted by Gasteiger charge is 2.22. The zero-order valence-corrected chi connectivity index (χ0v) is 11.2. The van der Waals surface area contributed by atoms with Crippen molar-refractivity contribution in [3.63, 3.8) is 0 Å². The lowest BCUT2D eigenvalue weighted by Gasteiger charge is -2.15. The van der Waals surface area contributed by atoms with Gasteiger partial charge in [0, 0.05) is 10.8 Å². The standard InChI is InChI=1S/C13H9ClO4S/c15-14(16,17)18-19-8-7-11-6-5-10-3-1-2-4-12(10)13(11)9-19/h1-9H. The normalized spacial score (nSPS) is 18.2. The smallest absolute Gasteiger partial charge is 0.140 e. The molecule has 0 bridgehead atoms. The van der Waals surface area contributed by atoms with Crippen LogP contribution in [0.5, 0.6) is 0 Å². The first kappa shape index (κ1) is 12.8. The molecule has 0 saturated heterocycles. The molecule has 1 unspecified atom stereocenters.